The second kappa shape index (κ2) is 3.67. The van der Waals surface area contributed by atoms with E-state index in [1.165, 1.54) is 0 Å². The highest BCUT2D eigenvalue weighted by atomic mass is 16.5. The Bertz CT molecular complexity index is 181. The maximum absolute atomic E-state index is 11.3. The fourth-order valence-electron chi connectivity index (χ4n) is 1.16. The summed E-state index contributed by atoms with van der Waals surface area (Å²) in [5.41, 5.74) is -1.02. The Hall–Kier alpha value is -0.900. The van der Waals surface area contributed by atoms with Crippen LogP contribution in [0.25, 0.3) is 0 Å². The molecule has 0 aliphatic carbocycles. The van der Waals surface area contributed by atoms with Crippen LogP contribution in [0, 0.1) is 5.41 Å². The van der Waals surface area contributed by atoms with Gasteiger partial charge in [0.25, 0.3) is 0 Å². The summed E-state index contributed by atoms with van der Waals surface area (Å²) in [6.07, 6.45) is 1.08. The van der Waals surface area contributed by atoms with Crippen LogP contribution < -0.4 is 0 Å². The third-order valence-electron chi connectivity index (χ3n) is 1.96. The maximum atomic E-state index is 11.3. The minimum atomic E-state index is -1.02. The van der Waals surface area contributed by atoms with Gasteiger partial charge in [0.2, 0.25) is 0 Å². The third kappa shape index (κ3) is 1.48. The maximum Gasteiger partial charge on any atom is 0.321 e. The van der Waals surface area contributed by atoms with Crippen molar-refractivity contribution in [2.45, 2.75) is 13.3 Å². The molecule has 1 unspecified atom stereocenters. The molecule has 4 nitrogen and oxygen atoms in total. The van der Waals surface area contributed by atoms with Crippen LogP contribution in [0.2, 0.25) is 0 Å². The van der Waals surface area contributed by atoms with Gasteiger partial charge in [0.15, 0.2) is 0 Å². The monoisotopic (exact) mass is 172 g/mol. The smallest absolute Gasteiger partial charge is 0.321 e. The summed E-state index contributed by atoms with van der Waals surface area (Å²) in [5.74, 6) is -0.461. The number of esters is 1. The van der Waals surface area contributed by atoms with Crippen LogP contribution in [0.1, 0.15) is 13.3 Å². The van der Waals surface area contributed by atoms with E-state index in [0.29, 0.717) is 25.9 Å². The van der Waals surface area contributed by atoms with E-state index in [9.17, 15) is 9.59 Å². The van der Waals surface area contributed by atoms with Crippen LogP contribution in [0.15, 0.2) is 0 Å². The quantitative estimate of drug-likeness (QED) is 0.345. The predicted molar refractivity (Wildman–Crippen MR) is 40.6 cm³/mol. The molecular formula is C8H12O4. The molecule has 1 aliphatic heterocycles. The molecule has 4 heteroatoms. The molecule has 1 atom stereocenters. The van der Waals surface area contributed by atoms with E-state index in [1.807, 2.05) is 0 Å². The van der Waals surface area contributed by atoms with Crippen LogP contribution in [-0.2, 0) is 19.1 Å². The van der Waals surface area contributed by atoms with Gasteiger partial charge >= 0.3 is 5.97 Å². The van der Waals surface area contributed by atoms with Crippen molar-refractivity contribution in [3.8, 4) is 0 Å². The summed E-state index contributed by atoms with van der Waals surface area (Å²) >= 11 is 0. The van der Waals surface area contributed by atoms with Gasteiger partial charge in [0, 0.05) is 6.61 Å². The van der Waals surface area contributed by atoms with Crippen molar-refractivity contribution in [2.24, 2.45) is 5.41 Å². The number of aldehydes is 1. The first kappa shape index (κ1) is 9.19. The largest absolute Gasteiger partial charge is 0.465 e. The average Bonchev–Trinajstić information content (AvgIpc) is 2.54. The molecule has 12 heavy (non-hydrogen) atoms. The van der Waals surface area contributed by atoms with Gasteiger partial charge < -0.3 is 14.3 Å². The molecule has 0 saturated carbocycles. The van der Waals surface area contributed by atoms with Crippen molar-refractivity contribution in [1.29, 1.82) is 0 Å². The topological polar surface area (TPSA) is 52.6 Å². The van der Waals surface area contributed by atoms with Crippen LogP contribution in [-0.4, -0.2) is 32.1 Å². The standard InChI is InChI=1S/C8H12O4/c1-2-12-7(10)8(5-9)3-4-11-6-8/h5H,2-4,6H2,1H3. The summed E-state index contributed by atoms with van der Waals surface area (Å²) in [5, 5.41) is 0. The zero-order valence-corrected chi connectivity index (χ0v) is 7.04. The zero-order chi connectivity index (χ0) is 9.03. The summed E-state index contributed by atoms with van der Waals surface area (Å²) in [4.78, 5) is 21.9. The van der Waals surface area contributed by atoms with E-state index in [-0.39, 0.29) is 6.61 Å². The first-order valence-corrected chi connectivity index (χ1v) is 3.96. The molecule has 0 aromatic heterocycles. The fraction of sp³-hybridized carbons (Fsp3) is 0.750. The zero-order valence-electron chi connectivity index (χ0n) is 7.04. The lowest BCUT2D eigenvalue weighted by Crippen LogP contribution is -2.35. The Labute approximate surface area is 70.8 Å². The lowest BCUT2D eigenvalue weighted by Gasteiger charge is -2.16. The van der Waals surface area contributed by atoms with Crippen molar-refractivity contribution in [1.82, 2.24) is 0 Å². The minimum absolute atomic E-state index is 0.162. The van der Waals surface area contributed by atoms with Crippen molar-refractivity contribution in [3.63, 3.8) is 0 Å². The summed E-state index contributed by atoms with van der Waals surface area (Å²) in [6.45, 7) is 2.63. The van der Waals surface area contributed by atoms with Gasteiger partial charge in [0.05, 0.1) is 13.2 Å². The molecule has 0 N–H and O–H groups in total. The predicted octanol–water partition coefficient (Wildman–Crippen LogP) is 0.155. The van der Waals surface area contributed by atoms with Gasteiger partial charge in [0.1, 0.15) is 11.7 Å². The second-order valence-electron chi connectivity index (χ2n) is 2.80. The highest BCUT2D eigenvalue weighted by Gasteiger charge is 2.43. The first-order chi connectivity index (χ1) is 5.75. The number of carbonyl (C=O) groups excluding carboxylic acids is 2. The van der Waals surface area contributed by atoms with E-state index < -0.39 is 11.4 Å². The minimum Gasteiger partial charge on any atom is -0.465 e. The van der Waals surface area contributed by atoms with Gasteiger partial charge in [-0.1, -0.05) is 0 Å². The van der Waals surface area contributed by atoms with Gasteiger partial charge in [-0.25, -0.2) is 0 Å². The molecule has 0 amide bonds. The second-order valence-corrected chi connectivity index (χ2v) is 2.80. The van der Waals surface area contributed by atoms with E-state index in [4.69, 9.17) is 9.47 Å². The van der Waals surface area contributed by atoms with Crippen LogP contribution >= 0.6 is 0 Å². The number of ether oxygens (including phenoxy) is 2. The van der Waals surface area contributed by atoms with Crippen molar-refractivity contribution in [2.75, 3.05) is 19.8 Å². The molecule has 1 aliphatic rings. The van der Waals surface area contributed by atoms with Gasteiger partial charge in [-0.3, -0.25) is 4.79 Å². The van der Waals surface area contributed by atoms with E-state index in [2.05, 4.69) is 0 Å². The Morgan fingerprint density at radius 3 is 2.92 bits per heavy atom. The summed E-state index contributed by atoms with van der Waals surface area (Å²) in [7, 11) is 0. The Balaban J connectivity index is 2.65. The lowest BCUT2D eigenvalue weighted by molar-refractivity contribution is -0.156. The normalized spacial score (nSPS) is 28.4. The van der Waals surface area contributed by atoms with Crippen molar-refractivity contribution in [3.05, 3.63) is 0 Å². The lowest BCUT2D eigenvalue weighted by atomic mass is 9.89. The molecule has 0 aromatic carbocycles. The Morgan fingerprint density at radius 1 is 1.75 bits per heavy atom. The van der Waals surface area contributed by atoms with Gasteiger partial charge in [-0.05, 0) is 13.3 Å². The number of carbonyl (C=O) groups is 2. The highest BCUT2D eigenvalue weighted by molar-refractivity contribution is 5.93. The van der Waals surface area contributed by atoms with E-state index in [0.717, 1.165) is 0 Å². The molecule has 1 rings (SSSR count). The number of hydrogen-bond acceptors (Lipinski definition) is 4. The third-order valence-corrected chi connectivity index (χ3v) is 1.96. The summed E-state index contributed by atoms with van der Waals surface area (Å²) < 4.78 is 9.76. The molecule has 0 bridgehead atoms. The number of hydrogen-bond donors (Lipinski definition) is 0. The van der Waals surface area contributed by atoms with E-state index in [1.54, 1.807) is 6.92 Å². The molecule has 0 radical (unpaired) electrons. The molecule has 0 spiro atoms. The molecule has 68 valence electrons. The van der Waals surface area contributed by atoms with Crippen molar-refractivity contribution >= 4 is 12.3 Å². The van der Waals surface area contributed by atoms with Crippen LogP contribution in [0.4, 0.5) is 0 Å². The molecule has 1 heterocycles. The molecule has 1 saturated heterocycles. The SMILES string of the molecule is CCOC(=O)C1(C=O)CCOC1. The number of rotatable bonds is 3. The van der Waals surface area contributed by atoms with E-state index >= 15 is 0 Å². The van der Waals surface area contributed by atoms with Crippen molar-refractivity contribution < 1.29 is 19.1 Å². The average molecular weight is 172 g/mol. The molecular weight excluding hydrogens is 160 g/mol. The Morgan fingerprint density at radius 2 is 2.50 bits per heavy atom. The fourth-order valence-corrected chi connectivity index (χ4v) is 1.16. The first-order valence-electron chi connectivity index (χ1n) is 3.96. The Kier molecular flexibility index (Phi) is 2.81. The van der Waals surface area contributed by atoms with Gasteiger partial charge in [-0.2, -0.15) is 0 Å². The highest BCUT2D eigenvalue weighted by Crippen LogP contribution is 2.27. The molecule has 1 fully saturated rings. The molecule has 0 aromatic rings. The van der Waals surface area contributed by atoms with Gasteiger partial charge in [-0.15, -0.1) is 0 Å². The van der Waals surface area contributed by atoms with Crippen LogP contribution in [0.3, 0.4) is 0 Å². The summed E-state index contributed by atoms with van der Waals surface area (Å²) in [6, 6.07) is 0. The van der Waals surface area contributed by atoms with Crippen LogP contribution in [0.5, 0.6) is 0 Å².